The van der Waals surface area contributed by atoms with Gasteiger partial charge in [0.2, 0.25) is 0 Å². The molecule has 0 fully saturated rings. The quantitative estimate of drug-likeness (QED) is 0.527. The van der Waals surface area contributed by atoms with Gasteiger partial charge in [-0.25, -0.2) is 14.5 Å². The Bertz CT molecular complexity index is 951. The van der Waals surface area contributed by atoms with E-state index in [0.717, 1.165) is 54.9 Å². The van der Waals surface area contributed by atoms with E-state index in [0.29, 0.717) is 12.1 Å². The van der Waals surface area contributed by atoms with Crippen molar-refractivity contribution in [2.24, 2.45) is 0 Å². The normalized spacial score (nSPS) is 10.8. The largest absolute Gasteiger partial charge is 0.511 e. The van der Waals surface area contributed by atoms with Crippen molar-refractivity contribution in [1.29, 1.82) is 0 Å². The van der Waals surface area contributed by atoms with Gasteiger partial charge in [-0.15, -0.1) is 0 Å². The highest BCUT2D eigenvalue weighted by Gasteiger charge is 2.12. The van der Waals surface area contributed by atoms with Crippen molar-refractivity contribution < 1.29 is 14.6 Å². The van der Waals surface area contributed by atoms with Crippen molar-refractivity contribution in [3.8, 4) is 16.9 Å². The summed E-state index contributed by atoms with van der Waals surface area (Å²) in [7, 11) is 0. The Kier molecular flexibility index (Phi) is 6.94. The molecule has 1 aromatic carbocycles. The molecule has 0 saturated heterocycles. The lowest BCUT2D eigenvalue weighted by molar-refractivity contribution is 0.144. The number of unbranched alkanes of at least 4 members (excludes halogenated alkanes) is 1. The molecule has 3 aromatic rings. The van der Waals surface area contributed by atoms with Crippen LogP contribution in [0.2, 0.25) is 0 Å². The maximum atomic E-state index is 10.9. The van der Waals surface area contributed by atoms with Gasteiger partial charge >= 0.3 is 6.16 Å². The monoisotopic (exact) mass is 394 g/mol. The van der Waals surface area contributed by atoms with Crippen molar-refractivity contribution in [3.05, 3.63) is 59.9 Å². The van der Waals surface area contributed by atoms with Crippen molar-refractivity contribution in [2.45, 2.75) is 52.5 Å². The molecule has 0 unspecified atom stereocenters. The predicted molar refractivity (Wildman–Crippen MR) is 110 cm³/mol. The number of hydrogen-bond donors (Lipinski definition) is 1. The molecule has 29 heavy (non-hydrogen) atoms. The molecular weight excluding hydrogens is 368 g/mol. The fraction of sp³-hybridized carbons (Fsp3) is 0.364. The van der Waals surface area contributed by atoms with Crippen molar-refractivity contribution in [1.82, 2.24) is 19.7 Å². The first kappa shape index (κ1) is 20.5. The third-order valence-corrected chi connectivity index (χ3v) is 4.60. The highest BCUT2D eigenvalue weighted by atomic mass is 16.7. The highest BCUT2D eigenvalue weighted by molar-refractivity contribution is 5.73. The van der Waals surface area contributed by atoms with Gasteiger partial charge in [-0.1, -0.05) is 44.5 Å². The predicted octanol–water partition coefficient (Wildman–Crippen LogP) is 4.74. The molecule has 0 aliphatic rings. The summed E-state index contributed by atoms with van der Waals surface area (Å²) < 4.78 is 6.86. The van der Waals surface area contributed by atoms with Crippen LogP contribution >= 0.6 is 0 Å². The van der Waals surface area contributed by atoms with Gasteiger partial charge in [-0.05, 0) is 24.0 Å². The van der Waals surface area contributed by atoms with E-state index in [2.05, 4.69) is 23.9 Å². The fourth-order valence-electron chi connectivity index (χ4n) is 3.15. The number of hydrogen-bond acceptors (Lipinski definition) is 5. The van der Waals surface area contributed by atoms with E-state index in [-0.39, 0.29) is 5.75 Å². The Labute approximate surface area is 170 Å². The summed E-state index contributed by atoms with van der Waals surface area (Å²) in [5.74, 6) is 2.20. The van der Waals surface area contributed by atoms with E-state index >= 15 is 0 Å². The zero-order valence-corrected chi connectivity index (χ0v) is 16.8. The summed E-state index contributed by atoms with van der Waals surface area (Å²) in [6.07, 6.45) is 6.82. The fourth-order valence-corrected chi connectivity index (χ4v) is 3.15. The second kappa shape index (κ2) is 9.82. The minimum Gasteiger partial charge on any atom is -0.449 e. The number of carbonyl (C=O) groups is 1. The van der Waals surface area contributed by atoms with E-state index in [1.807, 2.05) is 28.9 Å². The molecule has 0 saturated carbocycles. The Morgan fingerprint density at radius 1 is 1.10 bits per heavy atom. The van der Waals surface area contributed by atoms with Crippen molar-refractivity contribution >= 4 is 6.16 Å². The van der Waals surface area contributed by atoms with Crippen LogP contribution in [0.3, 0.4) is 0 Å². The number of carboxylic acid groups (broad SMARTS) is 1. The molecule has 7 nitrogen and oxygen atoms in total. The van der Waals surface area contributed by atoms with E-state index in [1.165, 1.54) is 6.20 Å². The number of aromatic nitrogens is 4. The average Bonchev–Trinajstić information content (AvgIpc) is 3.08. The van der Waals surface area contributed by atoms with Crippen LogP contribution in [0, 0.1) is 0 Å². The standard InChI is InChI=1S/C22H26N4O3/c1-3-5-7-21-24-20(6-4-2)25-26(21)15-16-8-10-17(11-9-16)18-14-23-13-12-19(18)29-22(27)28/h8-14H,3-7,15H2,1-2H3,(H,27,28). The number of rotatable bonds is 9. The Morgan fingerprint density at radius 3 is 2.59 bits per heavy atom. The Hall–Kier alpha value is -3.22. The second-order valence-electron chi connectivity index (χ2n) is 6.89. The van der Waals surface area contributed by atoms with Crippen LogP contribution < -0.4 is 4.74 Å². The van der Waals surface area contributed by atoms with Gasteiger partial charge in [0.15, 0.2) is 5.82 Å². The van der Waals surface area contributed by atoms with Crippen molar-refractivity contribution in [3.63, 3.8) is 0 Å². The van der Waals surface area contributed by atoms with Crippen LogP contribution in [0.4, 0.5) is 4.79 Å². The van der Waals surface area contributed by atoms with Gasteiger partial charge in [0.05, 0.1) is 6.54 Å². The highest BCUT2D eigenvalue weighted by Crippen LogP contribution is 2.29. The molecule has 152 valence electrons. The van der Waals surface area contributed by atoms with E-state index in [9.17, 15) is 4.79 Å². The van der Waals surface area contributed by atoms with E-state index in [4.69, 9.17) is 14.8 Å². The zero-order chi connectivity index (χ0) is 20.6. The number of ether oxygens (including phenoxy) is 1. The van der Waals surface area contributed by atoms with Crippen molar-refractivity contribution in [2.75, 3.05) is 0 Å². The maximum absolute atomic E-state index is 10.9. The summed E-state index contributed by atoms with van der Waals surface area (Å²) >= 11 is 0. The van der Waals surface area contributed by atoms with E-state index < -0.39 is 6.16 Å². The van der Waals surface area contributed by atoms with E-state index in [1.54, 1.807) is 12.3 Å². The topological polar surface area (TPSA) is 90.1 Å². The molecule has 3 rings (SSSR count). The first-order valence-electron chi connectivity index (χ1n) is 9.97. The molecule has 0 atom stereocenters. The smallest absolute Gasteiger partial charge is 0.449 e. The van der Waals surface area contributed by atoms with Crippen LogP contribution in [0.5, 0.6) is 5.75 Å². The summed E-state index contributed by atoms with van der Waals surface area (Å²) in [6, 6.07) is 9.45. The molecule has 2 heterocycles. The molecule has 0 aliphatic carbocycles. The first-order valence-corrected chi connectivity index (χ1v) is 9.97. The number of aryl methyl sites for hydroxylation is 2. The molecule has 0 spiro atoms. The average molecular weight is 394 g/mol. The Morgan fingerprint density at radius 2 is 1.90 bits per heavy atom. The minimum atomic E-state index is -1.34. The summed E-state index contributed by atoms with van der Waals surface area (Å²) in [5, 5.41) is 13.6. The molecule has 0 radical (unpaired) electrons. The summed E-state index contributed by atoms with van der Waals surface area (Å²) in [5.41, 5.74) is 2.58. The van der Waals surface area contributed by atoms with Crippen LogP contribution in [-0.4, -0.2) is 31.0 Å². The number of benzene rings is 1. The van der Waals surface area contributed by atoms with Gasteiger partial charge in [-0.3, -0.25) is 4.98 Å². The lowest BCUT2D eigenvalue weighted by Gasteiger charge is -2.09. The van der Waals surface area contributed by atoms with Gasteiger partial charge < -0.3 is 9.84 Å². The molecule has 7 heteroatoms. The SMILES string of the molecule is CCCCc1nc(CCC)nn1Cc1ccc(-c2cnccc2OC(=O)O)cc1. The van der Waals surface area contributed by atoms with Crippen LogP contribution in [-0.2, 0) is 19.4 Å². The van der Waals surface area contributed by atoms with Crippen LogP contribution in [0.15, 0.2) is 42.7 Å². The third kappa shape index (κ3) is 5.40. The van der Waals surface area contributed by atoms with Gasteiger partial charge in [0.25, 0.3) is 0 Å². The van der Waals surface area contributed by atoms with Crippen LogP contribution in [0.25, 0.3) is 11.1 Å². The molecule has 0 aliphatic heterocycles. The Balaban J connectivity index is 1.80. The molecule has 1 N–H and O–H groups in total. The first-order chi connectivity index (χ1) is 14.1. The number of pyridine rings is 1. The molecular formula is C22H26N4O3. The minimum absolute atomic E-state index is 0.266. The molecule has 0 amide bonds. The maximum Gasteiger partial charge on any atom is 0.511 e. The second-order valence-corrected chi connectivity index (χ2v) is 6.89. The lowest BCUT2D eigenvalue weighted by atomic mass is 10.0. The lowest BCUT2D eigenvalue weighted by Crippen LogP contribution is -2.07. The van der Waals surface area contributed by atoms with Gasteiger partial charge in [0, 0.05) is 36.9 Å². The van der Waals surface area contributed by atoms with Crippen LogP contribution in [0.1, 0.15) is 50.3 Å². The molecule has 0 bridgehead atoms. The third-order valence-electron chi connectivity index (χ3n) is 4.60. The summed E-state index contributed by atoms with van der Waals surface area (Å²) in [6.45, 7) is 4.96. The van der Waals surface area contributed by atoms with Gasteiger partial charge in [-0.2, -0.15) is 5.10 Å². The van der Waals surface area contributed by atoms with Gasteiger partial charge in [0.1, 0.15) is 11.6 Å². The summed E-state index contributed by atoms with van der Waals surface area (Å²) in [4.78, 5) is 19.7. The number of nitrogens with zero attached hydrogens (tertiary/aromatic N) is 4. The molecule has 2 aromatic heterocycles. The zero-order valence-electron chi connectivity index (χ0n) is 16.8.